The number of hydrazine groups is 1. The van der Waals surface area contributed by atoms with Gasteiger partial charge in [-0.15, -0.1) is 16.9 Å². The van der Waals surface area contributed by atoms with E-state index in [1.807, 2.05) is 24.3 Å². The van der Waals surface area contributed by atoms with Gasteiger partial charge in [0.15, 0.2) is 6.04 Å². The molecule has 98 valence electrons. The molecule has 19 heavy (non-hydrogen) atoms. The molecule has 0 bridgehead atoms. The van der Waals surface area contributed by atoms with E-state index in [4.69, 9.17) is 0 Å². The molecule has 0 saturated heterocycles. The monoisotopic (exact) mass is 275 g/mol. The molecule has 3 heterocycles. The smallest absolute Gasteiger partial charge is 0.249 e. The van der Waals surface area contributed by atoms with Crippen LogP contribution in [0.15, 0.2) is 35.9 Å². The number of fused-ring (bicyclic) bond motifs is 1. The molecule has 0 radical (unpaired) electrons. The van der Waals surface area contributed by atoms with Gasteiger partial charge in [0.1, 0.15) is 0 Å². The van der Waals surface area contributed by atoms with Crippen molar-refractivity contribution in [1.82, 2.24) is 15.7 Å². The first kappa shape index (κ1) is 12.2. The van der Waals surface area contributed by atoms with Crippen molar-refractivity contribution in [1.29, 1.82) is 0 Å². The van der Waals surface area contributed by atoms with E-state index in [1.165, 1.54) is 0 Å². The lowest BCUT2D eigenvalue weighted by molar-refractivity contribution is -0.518. The van der Waals surface area contributed by atoms with Crippen LogP contribution in [0.5, 0.6) is 0 Å². The summed E-state index contributed by atoms with van der Waals surface area (Å²) in [5.41, 5.74) is 5.01. The predicted octanol–water partition coefficient (Wildman–Crippen LogP) is -1.02. The number of nitrogens with one attached hydrogen (secondary N) is 3. The third-order valence-corrected chi connectivity index (χ3v) is 4.13. The molecule has 5 nitrogen and oxygen atoms in total. The van der Waals surface area contributed by atoms with Crippen LogP contribution in [0.2, 0.25) is 0 Å². The Hall–Kier alpha value is -1.82. The van der Waals surface area contributed by atoms with Crippen molar-refractivity contribution in [3.63, 3.8) is 0 Å². The molecule has 0 saturated carbocycles. The average molecular weight is 275 g/mol. The number of amides is 1. The minimum Gasteiger partial charge on any atom is -0.348 e. The average Bonchev–Trinajstić information content (AvgIpc) is 2.90. The SMILES string of the molecule is O=C(NCc1ccccn1)C1N[NH+]=C2C=CSCC21. The maximum Gasteiger partial charge on any atom is 0.249 e. The van der Waals surface area contributed by atoms with E-state index in [2.05, 4.69) is 26.2 Å². The van der Waals surface area contributed by atoms with Crippen LogP contribution in [0.25, 0.3) is 0 Å². The topological polar surface area (TPSA) is 68.0 Å². The molecule has 3 N–H and O–H groups in total. The number of rotatable bonds is 3. The van der Waals surface area contributed by atoms with Crippen molar-refractivity contribution in [2.45, 2.75) is 12.6 Å². The van der Waals surface area contributed by atoms with Crippen molar-refractivity contribution in [2.75, 3.05) is 5.75 Å². The molecule has 2 aliphatic rings. The van der Waals surface area contributed by atoms with Gasteiger partial charge in [0, 0.05) is 18.0 Å². The number of hydrogen-bond acceptors (Lipinski definition) is 4. The Bertz CT molecular complexity index is 529. The molecular weight excluding hydrogens is 260 g/mol. The van der Waals surface area contributed by atoms with Gasteiger partial charge in [-0.1, -0.05) is 6.07 Å². The van der Waals surface area contributed by atoms with E-state index >= 15 is 0 Å². The number of hydrazone groups is 1. The number of pyridine rings is 1. The van der Waals surface area contributed by atoms with Gasteiger partial charge in [-0.3, -0.25) is 9.78 Å². The van der Waals surface area contributed by atoms with Crippen LogP contribution in [0, 0.1) is 5.92 Å². The largest absolute Gasteiger partial charge is 0.348 e. The molecule has 2 aliphatic heterocycles. The minimum atomic E-state index is -0.212. The summed E-state index contributed by atoms with van der Waals surface area (Å²) in [7, 11) is 0. The molecule has 2 unspecified atom stereocenters. The van der Waals surface area contributed by atoms with Crippen LogP contribution in [-0.4, -0.2) is 28.4 Å². The second kappa shape index (κ2) is 5.44. The minimum absolute atomic E-state index is 0.00838. The van der Waals surface area contributed by atoms with Gasteiger partial charge in [0.05, 0.1) is 18.2 Å². The number of nitrogens with zero attached hydrogens (tertiary/aromatic N) is 1. The fourth-order valence-electron chi connectivity index (χ4n) is 2.20. The van der Waals surface area contributed by atoms with Gasteiger partial charge in [0.25, 0.3) is 0 Å². The van der Waals surface area contributed by atoms with Gasteiger partial charge < -0.3 is 5.32 Å². The Morgan fingerprint density at radius 2 is 2.53 bits per heavy atom. The highest BCUT2D eigenvalue weighted by Crippen LogP contribution is 2.21. The molecule has 0 aliphatic carbocycles. The third kappa shape index (κ3) is 2.63. The molecule has 6 heteroatoms. The maximum atomic E-state index is 12.2. The molecule has 0 spiro atoms. The first-order valence-corrected chi connectivity index (χ1v) is 7.23. The second-order valence-electron chi connectivity index (χ2n) is 4.48. The van der Waals surface area contributed by atoms with E-state index in [0.717, 1.165) is 17.2 Å². The summed E-state index contributed by atoms with van der Waals surface area (Å²) in [5.74, 6) is 1.15. The van der Waals surface area contributed by atoms with Crippen LogP contribution < -0.4 is 15.8 Å². The van der Waals surface area contributed by atoms with E-state index in [0.29, 0.717) is 6.54 Å². The number of carbonyl (C=O) groups excluding carboxylic acids is 1. The number of allylic oxidation sites excluding steroid dienone is 1. The zero-order valence-electron chi connectivity index (χ0n) is 10.3. The molecule has 3 rings (SSSR count). The summed E-state index contributed by atoms with van der Waals surface area (Å²) in [6, 6.07) is 5.46. The van der Waals surface area contributed by atoms with Gasteiger partial charge >= 0.3 is 0 Å². The van der Waals surface area contributed by atoms with Crippen molar-refractivity contribution >= 4 is 23.4 Å². The van der Waals surface area contributed by atoms with Crippen LogP contribution >= 0.6 is 11.8 Å². The molecule has 1 aromatic heterocycles. The number of aromatic nitrogens is 1. The fourth-order valence-corrected chi connectivity index (χ4v) is 3.14. The van der Waals surface area contributed by atoms with E-state index in [9.17, 15) is 4.79 Å². The number of hydrogen-bond donors (Lipinski definition) is 3. The first-order chi connectivity index (χ1) is 9.34. The van der Waals surface area contributed by atoms with E-state index < -0.39 is 0 Å². The Morgan fingerprint density at radius 1 is 1.58 bits per heavy atom. The second-order valence-corrected chi connectivity index (χ2v) is 5.42. The zero-order chi connectivity index (χ0) is 13.1. The summed E-state index contributed by atoms with van der Waals surface area (Å²) in [6.07, 6.45) is 3.75. The molecule has 0 aromatic carbocycles. The Morgan fingerprint density at radius 3 is 3.37 bits per heavy atom. The van der Waals surface area contributed by atoms with Gasteiger partial charge in [-0.05, 0) is 17.5 Å². The molecule has 1 amide bonds. The molecular formula is C13H15N4OS+. The van der Waals surface area contributed by atoms with Crippen molar-refractivity contribution < 1.29 is 9.90 Å². The Kier molecular flexibility index (Phi) is 3.50. The lowest BCUT2D eigenvalue weighted by Gasteiger charge is -2.16. The predicted molar refractivity (Wildman–Crippen MR) is 74.1 cm³/mol. The maximum absolute atomic E-state index is 12.2. The number of thioether (sulfide) groups is 1. The molecule has 1 aromatic rings. The Labute approximate surface area is 115 Å². The van der Waals surface area contributed by atoms with Gasteiger partial charge in [-0.2, -0.15) is 5.43 Å². The quantitative estimate of drug-likeness (QED) is 0.661. The van der Waals surface area contributed by atoms with Gasteiger partial charge in [0.2, 0.25) is 11.6 Å². The van der Waals surface area contributed by atoms with Crippen LogP contribution in [0.4, 0.5) is 0 Å². The van der Waals surface area contributed by atoms with Crippen LogP contribution in [-0.2, 0) is 11.3 Å². The summed E-state index contributed by atoms with van der Waals surface area (Å²) >= 11 is 1.73. The summed E-state index contributed by atoms with van der Waals surface area (Å²) < 4.78 is 0. The number of carbonyl (C=O) groups is 1. The summed E-state index contributed by atoms with van der Waals surface area (Å²) in [6.45, 7) is 0.461. The Balaban J connectivity index is 1.58. The zero-order valence-corrected chi connectivity index (χ0v) is 11.1. The molecule has 2 atom stereocenters. The van der Waals surface area contributed by atoms with E-state index in [-0.39, 0.29) is 17.9 Å². The van der Waals surface area contributed by atoms with Crippen molar-refractivity contribution in [2.24, 2.45) is 5.92 Å². The van der Waals surface area contributed by atoms with E-state index in [1.54, 1.807) is 18.0 Å². The van der Waals surface area contributed by atoms with Gasteiger partial charge in [-0.25, -0.2) is 0 Å². The first-order valence-electron chi connectivity index (χ1n) is 6.19. The highest BCUT2D eigenvalue weighted by Gasteiger charge is 2.41. The lowest BCUT2D eigenvalue weighted by atomic mass is 9.97. The normalized spacial score (nSPS) is 24.3. The standard InChI is InChI=1S/C13H14N4OS/c18-13(15-7-9-3-1-2-5-14-9)12-10-8-19-6-4-11(10)16-17-12/h1-6,10,12,17H,7-8H2,(H,15,18)/p+1. The lowest BCUT2D eigenvalue weighted by Crippen LogP contribution is -2.80. The molecule has 0 fully saturated rings. The highest BCUT2D eigenvalue weighted by atomic mass is 32.2. The van der Waals surface area contributed by atoms with Crippen LogP contribution in [0.1, 0.15) is 5.69 Å². The van der Waals surface area contributed by atoms with Crippen LogP contribution in [0.3, 0.4) is 0 Å². The van der Waals surface area contributed by atoms with Crippen molar-refractivity contribution in [3.8, 4) is 0 Å². The highest BCUT2D eigenvalue weighted by molar-refractivity contribution is 8.02. The van der Waals surface area contributed by atoms with Crippen molar-refractivity contribution in [3.05, 3.63) is 41.6 Å². The third-order valence-electron chi connectivity index (χ3n) is 3.25. The summed E-state index contributed by atoms with van der Waals surface area (Å²) in [4.78, 5) is 16.4. The summed E-state index contributed by atoms with van der Waals surface area (Å²) in [5, 5.41) is 8.05. The fraction of sp³-hybridized carbons (Fsp3) is 0.308.